The summed E-state index contributed by atoms with van der Waals surface area (Å²) in [6.07, 6.45) is 1.35. The Hall–Kier alpha value is -2.75. The van der Waals surface area contributed by atoms with Crippen LogP contribution in [0.25, 0.3) is 0 Å². The van der Waals surface area contributed by atoms with Crippen LogP contribution in [-0.2, 0) is 21.2 Å². The quantitative estimate of drug-likeness (QED) is 0.341. The number of carbonyl (C=O) groups excluding carboxylic acids is 1. The van der Waals surface area contributed by atoms with E-state index >= 15 is 0 Å². The molecule has 37 heavy (non-hydrogen) atoms. The molecule has 0 radical (unpaired) electrons. The van der Waals surface area contributed by atoms with Gasteiger partial charge in [0.1, 0.15) is 18.2 Å². The van der Waals surface area contributed by atoms with E-state index < -0.39 is 10.0 Å². The number of halogens is 1. The zero-order valence-corrected chi connectivity index (χ0v) is 23.0. The number of ether oxygens (including phenoxy) is 1. The highest BCUT2D eigenvalue weighted by Crippen LogP contribution is 2.34. The van der Waals surface area contributed by atoms with Crippen LogP contribution < -0.4 is 4.74 Å². The minimum absolute atomic E-state index is 0.185. The second-order valence-electron chi connectivity index (χ2n) is 9.75. The number of nitrogens with zero attached hydrogens (tertiary/aromatic N) is 2. The summed E-state index contributed by atoms with van der Waals surface area (Å²) in [6, 6.07) is 14.1. The number of fused-ring (bicyclic) bond motifs is 1. The Balaban J connectivity index is 1.56. The van der Waals surface area contributed by atoms with Gasteiger partial charge >= 0.3 is 0 Å². The second-order valence-corrected chi connectivity index (χ2v) is 12.7. The van der Waals surface area contributed by atoms with Crippen LogP contribution in [0, 0.1) is 18.7 Å². The third-order valence-electron chi connectivity index (χ3n) is 6.56. The Bertz CT molecular complexity index is 1300. The van der Waals surface area contributed by atoms with Crippen molar-refractivity contribution in [3.05, 3.63) is 81.8 Å². The van der Waals surface area contributed by atoms with E-state index in [0.29, 0.717) is 25.1 Å². The van der Waals surface area contributed by atoms with Crippen LogP contribution in [0.5, 0.6) is 5.75 Å². The van der Waals surface area contributed by atoms with Gasteiger partial charge in [-0.2, -0.15) is 4.31 Å². The van der Waals surface area contributed by atoms with Crippen molar-refractivity contribution in [1.82, 2.24) is 9.21 Å². The maximum atomic E-state index is 13.7. The molecule has 3 aromatic rings. The first-order valence-corrected chi connectivity index (χ1v) is 14.8. The van der Waals surface area contributed by atoms with Crippen molar-refractivity contribution in [2.45, 2.75) is 44.6 Å². The fraction of sp³-hybridized carbons (Fsp3) is 0.393. The molecule has 1 aliphatic rings. The molecule has 198 valence electrons. The SMILES string of the molecule is Cc1ccc(S(=O)(=O)N(CCC(C)C)CC(=O)N2CCc3sccc3[C@H]2COc2ccc(F)cc2)cc1. The normalized spacial score (nSPS) is 15.7. The smallest absolute Gasteiger partial charge is 0.243 e. The first-order valence-electron chi connectivity index (χ1n) is 12.5. The number of carbonyl (C=O) groups is 1. The van der Waals surface area contributed by atoms with Gasteiger partial charge in [-0.25, -0.2) is 12.8 Å². The number of hydrogen-bond acceptors (Lipinski definition) is 5. The number of thiophene rings is 1. The van der Waals surface area contributed by atoms with Gasteiger partial charge in [0.2, 0.25) is 15.9 Å². The maximum Gasteiger partial charge on any atom is 0.243 e. The second kappa shape index (κ2) is 11.8. The van der Waals surface area contributed by atoms with Crippen LogP contribution in [0.4, 0.5) is 4.39 Å². The van der Waals surface area contributed by atoms with Crippen LogP contribution in [0.1, 0.15) is 42.3 Å². The van der Waals surface area contributed by atoms with Gasteiger partial charge in [-0.05, 0) is 79.1 Å². The minimum Gasteiger partial charge on any atom is -0.491 e. The van der Waals surface area contributed by atoms with Gasteiger partial charge in [-0.15, -0.1) is 11.3 Å². The summed E-state index contributed by atoms with van der Waals surface area (Å²) in [4.78, 5) is 16.8. The van der Waals surface area contributed by atoms with Crippen LogP contribution in [-0.4, -0.2) is 49.8 Å². The van der Waals surface area contributed by atoms with E-state index in [4.69, 9.17) is 4.74 Å². The Labute approximate surface area is 222 Å². The molecule has 0 saturated heterocycles. The van der Waals surface area contributed by atoms with Gasteiger partial charge in [-0.3, -0.25) is 4.79 Å². The van der Waals surface area contributed by atoms with Crippen molar-refractivity contribution in [1.29, 1.82) is 0 Å². The van der Waals surface area contributed by atoms with E-state index in [2.05, 4.69) is 0 Å². The fourth-order valence-corrected chi connectivity index (χ4v) is 6.70. The Kier molecular flexibility index (Phi) is 8.67. The number of rotatable bonds is 10. The van der Waals surface area contributed by atoms with Crippen LogP contribution in [0.15, 0.2) is 64.9 Å². The maximum absolute atomic E-state index is 13.7. The summed E-state index contributed by atoms with van der Waals surface area (Å²) in [7, 11) is -3.85. The Morgan fingerprint density at radius 3 is 2.51 bits per heavy atom. The molecule has 1 atom stereocenters. The highest BCUT2D eigenvalue weighted by atomic mass is 32.2. The molecular weight excluding hydrogens is 511 g/mol. The van der Waals surface area contributed by atoms with Crippen molar-refractivity contribution in [3.8, 4) is 5.75 Å². The average Bonchev–Trinajstić information content (AvgIpc) is 3.35. The van der Waals surface area contributed by atoms with Crippen molar-refractivity contribution in [2.75, 3.05) is 26.2 Å². The molecule has 1 amide bonds. The Morgan fingerprint density at radius 1 is 1.14 bits per heavy atom. The topological polar surface area (TPSA) is 66.9 Å². The molecule has 0 saturated carbocycles. The summed E-state index contributed by atoms with van der Waals surface area (Å²) in [5.74, 6) is 0.185. The van der Waals surface area contributed by atoms with E-state index in [1.165, 1.54) is 21.3 Å². The molecule has 2 heterocycles. The molecule has 1 aromatic heterocycles. The van der Waals surface area contributed by atoms with Gasteiger partial charge in [0.05, 0.1) is 17.5 Å². The molecular formula is C28H33FN2O4S2. The number of sulfonamides is 1. The predicted octanol–water partition coefficient (Wildman–Crippen LogP) is 5.44. The van der Waals surface area contributed by atoms with Crippen molar-refractivity contribution in [3.63, 3.8) is 0 Å². The average molecular weight is 545 g/mol. The third-order valence-corrected chi connectivity index (χ3v) is 9.42. The first-order chi connectivity index (χ1) is 17.6. The molecule has 9 heteroatoms. The standard InChI is InChI=1S/C28H33FN2O4S2/c1-20(2)12-15-30(37(33,34)24-10-4-21(3)5-11-24)18-28(32)31-16-13-27-25(14-17-36-27)26(31)19-35-23-8-6-22(29)7-9-23/h4-11,14,17,20,26H,12-13,15-16,18-19H2,1-3H3/t26-/m1/s1. The van der Waals surface area contributed by atoms with E-state index in [1.807, 2.05) is 32.2 Å². The minimum atomic E-state index is -3.85. The summed E-state index contributed by atoms with van der Waals surface area (Å²) in [5, 5.41) is 2.00. The van der Waals surface area contributed by atoms with Gasteiger partial charge in [0, 0.05) is 18.0 Å². The lowest BCUT2D eigenvalue weighted by atomic mass is 10.0. The molecule has 2 aromatic carbocycles. The molecule has 0 bridgehead atoms. The number of amides is 1. The van der Waals surface area contributed by atoms with Gasteiger partial charge < -0.3 is 9.64 Å². The third kappa shape index (κ3) is 6.58. The fourth-order valence-electron chi connectivity index (χ4n) is 4.37. The summed E-state index contributed by atoms with van der Waals surface area (Å²) in [5.41, 5.74) is 1.98. The molecule has 0 unspecified atom stereocenters. The van der Waals surface area contributed by atoms with E-state index in [9.17, 15) is 17.6 Å². The first kappa shape index (κ1) is 27.3. The molecule has 0 N–H and O–H groups in total. The largest absolute Gasteiger partial charge is 0.491 e. The monoisotopic (exact) mass is 544 g/mol. The molecule has 0 fully saturated rings. The number of aryl methyl sites for hydroxylation is 1. The lowest BCUT2D eigenvalue weighted by Crippen LogP contribution is -2.48. The van der Waals surface area contributed by atoms with Gasteiger partial charge in [-0.1, -0.05) is 31.5 Å². The lowest BCUT2D eigenvalue weighted by Gasteiger charge is -2.37. The Morgan fingerprint density at radius 2 is 1.84 bits per heavy atom. The molecule has 0 aliphatic carbocycles. The summed E-state index contributed by atoms with van der Waals surface area (Å²) >= 11 is 1.64. The predicted molar refractivity (Wildman–Crippen MR) is 144 cm³/mol. The van der Waals surface area contributed by atoms with Crippen LogP contribution in [0.3, 0.4) is 0 Å². The van der Waals surface area contributed by atoms with Gasteiger partial charge in [0.15, 0.2) is 0 Å². The molecule has 1 aliphatic heterocycles. The van der Waals surface area contributed by atoms with Crippen LogP contribution in [0.2, 0.25) is 0 Å². The molecule has 6 nitrogen and oxygen atoms in total. The van der Waals surface area contributed by atoms with E-state index in [-0.39, 0.29) is 48.3 Å². The van der Waals surface area contributed by atoms with E-state index in [1.54, 1.807) is 52.6 Å². The van der Waals surface area contributed by atoms with E-state index in [0.717, 1.165) is 11.1 Å². The van der Waals surface area contributed by atoms with Crippen molar-refractivity contribution < 1.29 is 22.3 Å². The number of hydrogen-bond donors (Lipinski definition) is 0. The highest BCUT2D eigenvalue weighted by Gasteiger charge is 2.35. The highest BCUT2D eigenvalue weighted by molar-refractivity contribution is 7.89. The van der Waals surface area contributed by atoms with Crippen molar-refractivity contribution >= 4 is 27.3 Å². The molecule has 4 rings (SSSR count). The lowest BCUT2D eigenvalue weighted by molar-refractivity contribution is -0.135. The molecule has 0 spiro atoms. The summed E-state index contributed by atoms with van der Waals surface area (Å²) < 4.78 is 47.7. The zero-order valence-electron chi connectivity index (χ0n) is 21.4. The van der Waals surface area contributed by atoms with Crippen LogP contribution >= 0.6 is 11.3 Å². The number of benzene rings is 2. The van der Waals surface area contributed by atoms with Crippen molar-refractivity contribution in [2.24, 2.45) is 5.92 Å². The zero-order chi connectivity index (χ0) is 26.6. The van der Waals surface area contributed by atoms with Gasteiger partial charge in [0.25, 0.3) is 0 Å². The summed E-state index contributed by atoms with van der Waals surface area (Å²) in [6.45, 7) is 6.65.